The Bertz CT molecular complexity index is 938. The van der Waals surface area contributed by atoms with E-state index in [0.29, 0.717) is 25.5 Å². The van der Waals surface area contributed by atoms with Crippen LogP contribution in [0.5, 0.6) is 0 Å². The summed E-state index contributed by atoms with van der Waals surface area (Å²) in [5, 5.41) is 12.8. The van der Waals surface area contributed by atoms with Gasteiger partial charge in [0.1, 0.15) is 12.4 Å². The van der Waals surface area contributed by atoms with Gasteiger partial charge in [0.25, 0.3) is 0 Å². The van der Waals surface area contributed by atoms with E-state index in [1.165, 1.54) is 4.91 Å². The number of methoxy groups -OCH3 is 1. The maximum absolute atomic E-state index is 10.9. The van der Waals surface area contributed by atoms with Crippen molar-refractivity contribution in [1.29, 1.82) is 5.26 Å². The third-order valence-corrected chi connectivity index (χ3v) is 6.10. The molecule has 0 radical (unpaired) electrons. The number of hydrogen-bond donors (Lipinski definition) is 1. The van der Waals surface area contributed by atoms with Crippen molar-refractivity contribution >= 4 is 29.6 Å². The van der Waals surface area contributed by atoms with E-state index in [1.54, 1.807) is 18.9 Å². The zero-order valence-electron chi connectivity index (χ0n) is 21.8. The number of rotatable bonds is 14. The lowest BCUT2D eigenvalue weighted by Crippen LogP contribution is -2.04. The first kappa shape index (κ1) is 30.3. The van der Waals surface area contributed by atoms with Crippen molar-refractivity contribution in [2.45, 2.75) is 59.8 Å². The lowest BCUT2D eigenvalue weighted by molar-refractivity contribution is -0.105. The topological polar surface area (TPSA) is 71.3 Å². The number of nitrogens with one attached hydrogen (secondary N) is 1. The Morgan fingerprint density at radius 1 is 1.29 bits per heavy atom. The van der Waals surface area contributed by atoms with Gasteiger partial charge >= 0.3 is 0 Å². The van der Waals surface area contributed by atoms with E-state index in [0.717, 1.165) is 60.3 Å². The summed E-state index contributed by atoms with van der Waals surface area (Å²) in [6.45, 7) is 9.35. The number of nitriles is 1. The standard InChI is InChI=1S/C25H35NO3S.C4H5N/c1-6-9-11-21(25(8-3)30-16-10-7-2)17-24(29-15-14-28-5)23-18-22(26-19-27)13-12-20(23)4;5-3-4-1-2-4/h8,10-13,16-19H,6-7,9,14-15H2,1-5H3,(H,26,27);4H,1-2H2/b16-10-,21-11-,24-17+,25-8-;. The number of ether oxygens (including phenoxy) is 2. The van der Waals surface area contributed by atoms with Gasteiger partial charge in [0.2, 0.25) is 6.41 Å². The van der Waals surface area contributed by atoms with Crippen LogP contribution in [0.3, 0.4) is 0 Å². The summed E-state index contributed by atoms with van der Waals surface area (Å²) in [5.74, 6) is 1.20. The van der Waals surface area contributed by atoms with E-state index in [2.05, 4.69) is 61.9 Å². The number of unbranched alkanes of at least 4 members (excludes halogenated alkanes) is 1. The number of hydrogen-bond acceptors (Lipinski definition) is 5. The second-order valence-corrected chi connectivity index (χ2v) is 8.99. The zero-order valence-corrected chi connectivity index (χ0v) is 22.6. The van der Waals surface area contributed by atoms with Gasteiger partial charge in [-0.05, 0) is 74.3 Å². The Kier molecular flexibility index (Phi) is 16.1. The lowest BCUT2D eigenvalue weighted by atomic mass is 10.0. The third-order valence-electron chi connectivity index (χ3n) is 5.05. The molecule has 1 aromatic rings. The number of carbonyl (C=O) groups excluding carboxylic acids is 1. The molecule has 0 saturated heterocycles. The van der Waals surface area contributed by atoms with Crippen LogP contribution in [0.15, 0.2) is 58.4 Å². The third kappa shape index (κ3) is 12.5. The molecule has 1 N–H and O–H groups in total. The molecular formula is C29H40N2O3S. The Balaban J connectivity index is 0.00000108. The van der Waals surface area contributed by atoms with Crippen LogP contribution in [0.25, 0.3) is 5.76 Å². The number of allylic oxidation sites excluding steroid dienone is 5. The van der Waals surface area contributed by atoms with Gasteiger partial charge in [-0.2, -0.15) is 5.26 Å². The predicted molar refractivity (Wildman–Crippen MR) is 149 cm³/mol. The predicted octanol–water partition coefficient (Wildman–Crippen LogP) is 7.77. The van der Waals surface area contributed by atoms with E-state index in [1.807, 2.05) is 25.1 Å². The first-order valence-electron chi connectivity index (χ1n) is 12.3. The lowest BCUT2D eigenvalue weighted by Gasteiger charge is -2.16. The molecule has 190 valence electrons. The largest absolute Gasteiger partial charge is 0.491 e. The fourth-order valence-corrected chi connectivity index (χ4v) is 3.73. The SMILES string of the molecule is C/C=C(S/C=C\CC)/C(=C\CCC)/C=C(/OCCOC)c1cc(NC=O)ccc1C.N#CC1CC1. The van der Waals surface area contributed by atoms with Gasteiger partial charge < -0.3 is 14.8 Å². The Labute approximate surface area is 216 Å². The minimum Gasteiger partial charge on any atom is -0.491 e. The van der Waals surface area contributed by atoms with Crippen LogP contribution in [-0.4, -0.2) is 26.7 Å². The molecule has 0 unspecified atom stereocenters. The minimum atomic E-state index is 0.440. The number of aryl methyl sites for hydroxylation is 1. The monoisotopic (exact) mass is 496 g/mol. The van der Waals surface area contributed by atoms with Gasteiger partial charge in [-0.15, -0.1) is 0 Å². The number of thioether (sulfide) groups is 1. The van der Waals surface area contributed by atoms with E-state index in [4.69, 9.17) is 14.7 Å². The second-order valence-electron chi connectivity index (χ2n) is 8.04. The average Bonchev–Trinajstić information content (AvgIpc) is 3.71. The van der Waals surface area contributed by atoms with Crippen molar-refractivity contribution < 1.29 is 14.3 Å². The van der Waals surface area contributed by atoms with Crippen LogP contribution >= 0.6 is 11.8 Å². The highest BCUT2D eigenvalue weighted by atomic mass is 32.2. The van der Waals surface area contributed by atoms with Crippen LogP contribution in [0.4, 0.5) is 5.69 Å². The summed E-state index contributed by atoms with van der Waals surface area (Å²) in [7, 11) is 1.66. The van der Waals surface area contributed by atoms with E-state index >= 15 is 0 Å². The molecule has 35 heavy (non-hydrogen) atoms. The van der Waals surface area contributed by atoms with Crippen LogP contribution < -0.4 is 5.32 Å². The maximum atomic E-state index is 10.9. The molecule has 1 saturated carbocycles. The number of benzene rings is 1. The molecule has 0 atom stereocenters. The van der Waals surface area contributed by atoms with Gasteiger partial charge in [0.15, 0.2) is 0 Å². The molecule has 0 aliphatic heterocycles. The molecule has 1 aliphatic carbocycles. The molecule has 0 bridgehead atoms. The van der Waals surface area contributed by atoms with Crippen molar-refractivity contribution in [3.8, 4) is 6.07 Å². The Morgan fingerprint density at radius 3 is 2.60 bits per heavy atom. The van der Waals surface area contributed by atoms with Crippen molar-refractivity contribution in [2.75, 3.05) is 25.6 Å². The van der Waals surface area contributed by atoms with Crippen LogP contribution in [-0.2, 0) is 14.3 Å². The summed E-state index contributed by atoms with van der Waals surface area (Å²) in [6.07, 6.45) is 14.7. The molecule has 1 aromatic carbocycles. The summed E-state index contributed by atoms with van der Waals surface area (Å²) in [6, 6.07) is 7.95. The van der Waals surface area contributed by atoms with E-state index in [9.17, 15) is 4.79 Å². The average molecular weight is 497 g/mol. The highest BCUT2D eigenvalue weighted by Crippen LogP contribution is 2.32. The van der Waals surface area contributed by atoms with Gasteiger partial charge in [0.05, 0.1) is 12.7 Å². The molecule has 0 heterocycles. The zero-order chi connectivity index (χ0) is 25.9. The second kappa shape index (κ2) is 18.6. The van der Waals surface area contributed by atoms with Crippen LogP contribution in [0, 0.1) is 24.2 Å². The highest BCUT2D eigenvalue weighted by molar-refractivity contribution is 8.06. The Hall–Kier alpha value is -2.75. The van der Waals surface area contributed by atoms with Crippen molar-refractivity contribution in [2.24, 2.45) is 5.92 Å². The first-order valence-corrected chi connectivity index (χ1v) is 13.1. The molecule has 6 heteroatoms. The van der Waals surface area contributed by atoms with Gasteiger partial charge in [0, 0.05) is 29.2 Å². The van der Waals surface area contributed by atoms with Crippen LogP contribution in [0.1, 0.15) is 64.0 Å². The first-order chi connectivity index (χ1) is 17.0. The molecular weight excluding hydrogens is 456 g/mol. The Morgan fingerprint density at radius 2 is 2.06 bits per heavy atom. The summed E-state index contributed by atoms with van der Waals surface area (Å²) in [5.41, 5.74) is 3.89. The molecule has 1 amide bonds. The molecule has 2 rings (SSSR count). The van der Waals surface area contributed by atoms with Crippen molar-refractivity contribution in [3.05, 3.63) is 69.5 Å². The fraction of sp³-hybridized carbons (Fsp3) is 0.448. The van der Waals surface area contributed by atoms with E-state index in [-0.39, 0.29) is 0 Å². The van der Waals surface area contributed by atoms with Crippen molar-refractivity contribution in [3.63, 3.8) is 0 Å². The maximum Gasteiger partial charge on any atom is 0.211 e. The van der Waals surface area contributed by atoms with Crippen LogP contribution in [0.2, 0.25) is 0 Å². The number of nitrogens with zero attached hydrogens (tertiary/aromatic N) is 1. The number of amides is 1. The normalized spacial score (nSPS) is 14.2. The molecule has 1 aliphatic rings. The number of carbonyl (C=O) groups is 1. The summed E-state index contributed by atoms with van der Waals surface area (Å²) < 4.78 is 11.3. The molecule has 0 aromatic heterocycles. The quantitative estimate of drug-likeness (QED) is 0.123. The highest BCUT2D eigenvalue weighted by Gasteiger charge is 2.19. The molecule has 5 nitrogen and oxygen atoms in total. The van der Waals surface area contributed by atoms with Crippen molar-refractivity contribution in [1.82, 2.24) is 0 Å². The van der Waals surface area contributed by atoms with E-state index < -0.39 is 0 Å². The molecule has 1 fully saturated rings. The van der Waals surface area contributed by atoms with Gasteiger partial charge in [-0.3, -0.25) is 4.79 Å². The summed E-state index contributed by atoms with van der Waals surface area (Å²) in [4.78, 5) is 12.1. The minimum absolute atomic E-state index is 0.440. The fourth-order valence-electron chi connectivity index (χ4n) is 2.88. The molecule has 0 spiro atoms. The van der Waals surface area contributed by atoms with Gasteiger partial charge in [-0.1, -0.05) is 56.3 Å². The number of anilines is 1. The smallest absolute Gasteiger partial charge is 0.211 e. The van der Waals surface area contributed by atoms with Gasteiger partial charge in [-0.25, -0.2) is 0 Å². The summed E-state index contributed by atoms with van der Waals surface area (Å²) >= 11 is 1.71.